The van der Waals surface area contributed by atoms with Crippen LogP contribution in [0.2, 0.25) is 0 Å². The van der Waals surface area contributed by atoms with Gasteiger partial charge in [-0.05, 0) is 12.8 Å². The van der Waals surface area contributed by atoms with Crippen LogP contribution in [0.1, 0.15) is 25.7 Å². The lowest BCUT2D eigenvalue weighted by Gasteiger charge is -2.21. The molecule has 0 radical (unpaired) electrons. The van der Waals surface area contributed by atoms with Gasteiger partial charge in [-0.1, -0.05) is 12.8 Å². The van der Waals surface area contributed by atoms with E-state index >= 15 is 0 Å². The molecule has 0 amide bonds. The van der Waals surface area contributed by atoms with E-state index in [1.165, 1.54) is 25.7 Å². The highest BCUT2D eigenvalue weighted by molar-refractivity contribution is 4.81. The number of hydrogen-bond donors (Lipinski definition) is 1. The number of fused-ring (bicyclic) bond motifs is 1. The van der Waals surface area contributed by atoms with Gasteiger partial charge in [0.2, 0.25) is 0 Å². The highest BCUT2D eigenvalue weighted by atomic mass is 16.7. The molecule has 0 aromatic carbocycles. The van der Waals surface area contributed by atoms with Crippen LogP contribution in [0.4, 0.5) is 0 Å². The Hall–Kier alpha value is -0.120. The number of rotatable bonds is 1. The van der Waals surface area contributed by atoms with Crippen LogP contribution in [0, 0.1) is 5.92 Å². The third-order valence-electron chi connectivity index (χ3n) is 2.98. The predicted octanol–water partition coefficient (Wildman–Crippen LogP) is 0.785. The summed E-state index contributed by atoms with van der Waals surface area (Å²) in [6.45, 7) is 2.06. The fourth-order valence-electron chi connectivity index (χ4n) is 2.22. The summed E-state index contributed by atoms with van der Waals surface area (Å²) in [5, 5.41) is 11.2. The largest absolute Gasteiger partial charge is 0.396 e. The van der Waals surface area contributed by atoms with Gasteiger partial charge in [0.15, 0.2) is 0 Å². The zero-order valence-electron chi connectivity index (χ0n) is 7.41. The molecule has 2 atom stereocenters. The topological polar surface area (TPSA) is 32.7 Å². The summed E-state index contributed by atoms with van der Waals surface area (Å²) in [6, 6.07) is 0.498. The quantitative estimate of drug-likeness (QED) is 0.633. The molecule has 0 aliphatic carbocycles. The van der Waals surface area contributed by atoms with Crippen molar-refractivity contribution < 1.29 is 9.94 Å². The Balaban J connectivity index is 1.99. The molecule has 2 saturated heterocycles. The second kappa shape index (κ2) is 3.73. The van der Waals surface area contributed by atoms with Crippen molar-refractivity contribution in [2.45, 2.75) is 31.7 Å². The monoisotopic (exact) mass is 171 g/mol. The average Bonchev–Trinajstić information content (AvgIpc) is 2.33. The van der Waals surface area contributed by atoms with Gasteiger partial charge < -0.3 is 5.11 Å². The summed E-state index contributed by atoms with van der Waals surface area (Å²) in [4.78, 5) is 5.51. The molecular weight excluding hydrogens is 154 g/mol. The number of hydroxylamine groups is 2. The van der Waals surface area contributed by atoms with Crippen LogP contribution in [-0.2, 0) is 4.84 Å². The Morgan fingerprint density at radius 1 is 1.33 bits per heavy atom. The van der Waals surface area contributed by atoms with Gasteiger partial charge in [0.05, 0.1) is 6.61 Å². The van der Waals surface area contributed by atoms with E-state index in [1.807, 2.05) is 0 Å². The number of hydrogen-bond acceptors (Lipinski definition) is 3. The van der Waals surface area contributed by atoms with Gasteiger partial charge in [-0.3, -0.25) is 4.84 Å². The van der Waals surface area contributed by atoms with E-state index < -0.39 is 0 Å². The molecule has 12 heavy (non-hydrogen) atoms. The molecule has 70 valence electrons. The van der Waals surface area contributed by atoms with E-state index in [0.29, 0.717) is 12.0 Å². The molecule has 1 N–H and O–H groups in total. The van der Waals surface area contributed by atoms with Crippen molar-refractivity contribution >= 4 is 0 Å². The van der Waals surface area contributed by atoms with Gasteiger partial charge in [0.25, 0.3) is 0 Å². The Labute approximate surface area is 73.3 Å². The van der Waals surface area contributed by atoms with E-state index in [9.17, 15) is 0 Å². The zero-order valence-corrected chi connectivity index (χ0v) is 7.41. The lowest BCUT2D eigenvalue weighted by Crippen LogP contribution is -2.32. The minimum Gasteiger partial charge on any atom is -0.396 e. The first-order valence-electron chi connectivity index (χ1n) is 4.92. The summed E-state index contributed by atoms with van der Waals surface area (Å²) in [5.74, 6) is 0.364. The Kier molecular flexibility index (Phi) is 2.63. The minimum atomic E-state index is 0.279. The number of aliphatic hydroxyl groups excluding tert-OH is 1. The van der Waals surface area contributed by atoms with E-state index in [-0.39, 0.29) is 6.61 Å². The van der Waals surface area contributed by atoms with E-state index in [1.54, 1.807) is 0 Å². The molecule has 3 nitrogen and oxygen atoms in total. The van der Waals surface area contributed by atoms with Crippen molar-refractivity contribution in [1.82, 2.24) is 5.06 Å². The maximum atomic E-state index is 9.09. The standard InChI is InChI=1S/C9H17NO2/c11-6-8-7-12-10-5-3-1-2-4-9(8)10/h8-9,11H,1-7H2. The second-order valence-corrected chi connectivity index (χ2v) is 3.80. The van der Waals surface area contributed by atoms with Crippen LogP contribution in [0.25, 0.3) is 0 Å². The molecule has 2 rings (SSSR count). The molecule has 0 aromatic rings. The van der Waals surface area contributed by atoms with Crippen molar-refractivity contribution in [3.8, 4) is 0 Å². The first-order valence-corrected chi connectivity index (χ1v) is 4.92. The third kappa shape index (κ3) is 1.49. The normalized spacial score (nSPS) is 37.8. The van der Waals surface area contributed by atoms with Gasteiger partial charge in [0.1, 0.15) is 0 Å². The smallest absolute Gasteiger partial charge is 0.0751 e. The van der Waals surface area contributed by atoms with Crippen molar-refractivity contribution in [3.63, 3.8) is 0 Å². The van der Waals surface area contributed by atoms with Gasteiger partial charge in [-0.2, -0.15) is 5.06 Å². The summed E-state index contributed by atoms with van der Waals surface area (Å²) in [7, 11) is 0. The summed E-state index contributed by atoms with van der Waals surface area (Å²) < 4.78 is 0. The molecule has 0 saturated carbocycles. The molecule has 0 spiro atoms. The van der Waals surface area contributed by atoms with Crippen molar-refractivity contribution in [2.75, 3.05) is 19.8 Å². The molecular formula is C9H17NO2. The van der Waals surface area contributed by atoms with Gasteiger partial charge in [0, 0.05) is 25.1 Å². The first kappa shape index (κ1) is 8.48. The minimum absolute atomic E-state index is 0.279. The lowest BCUT2D eigenvalue weighted by atomic mass is 9.98. The Bertz CT molecular complexity index is 151. The summed E-state index contributed by atoms with van der Waals surface area (Å²) in [6.07, 6.45) is 5.05. The van der Waals surface area contributed by atoms with E-state index in [2.05, 4.69) is 5.06 Å². The maximum absolute atomic E-state index is 9.09. The summed E-state index contributed by atoms with van der Waals surface area (Å²) >= 11 is 0. The molecule has 2 heterocycles. The van der Waals surface area contributed by atoms with Crippen LogP contribution in [0.5, 0.6) is 0 Å². The molecule has 2 unspecified atom stereocenters. The van der Waals surface area contributed by atoms with E-state index in [4.69, 9.17) is 9.94 Å². The zero-order chi connectivity index (χ0) is 8.39. The van der Waals surface area contributed by atoms with Gasteiger partial charge >= 0.3 is 0 Å². The van der Waals surface area contributed by atoms with Crippen molar-refractivity contribution in [1.29, 1.82) is 0 Å². The van der Waals surface area contributed by atoms with Crippen LogP contribution >= 0.6 is 0 Å². The molecule has 2 fully saturated rings. The molecule has 3 heteroatoms. The summed E-state index contributed by atoms with van der Waals surface area (Å²) in [5.41, 5.74) is 0. The third-order valence-corrected chi connectivity index (χ3v) is 2.98. The lowest BCUT2D eigenvalue weighted by molar-refractivity contribution is -0.129. The highest BCUT2D eigenvalue weighted by Crippen LogP contribution is 2.28. The van der Waals surface area contributed by atoms with Crippen LogP contribution < -0.4 is 0 Å². The fraction of sp³-hybridized carbons (Fsp3) is 1.00. The van der Waals surface area contributed by atoms with Crippen molar-refractivity contribution in [2.24, 2.45) is 5.92 Å². The van der Waals surface area contributed by atoms with Crippen LogP contribution in [0.3, 0.4) is 0 Å². The number of nitrogens with zero attached hydrogens (tertiary/aromatic N) is 1. The maximum Gasteiger partial charge on any atom is 0.0751 e. The van der Waals surface area contributed by atoms with Crippen LogP contribution in [-0.4, -0.2) is 36.0 Å². The molecule has 0 bridgehead atoms. The Morgan fingerprint density at radius 3 is 3.08 bits per heavy atom. The van der Waals surface area contributed by atoms with Crippen molar-refractivity contribution in [3.05, 3.63) is 0 Å². The predicted molar refractivity (Wildman–Crippen MR) is 45.5 cm³/mol. The SMILES string of the molecule is OCC1CON2CCCCCC12. The highest BCUT2D eigenvalue weighted by Gasteiger charge is 2.35. The molecule has 0 aromatic heterocycles. The Morgan fingerprint density at radius 2 is 2.25 bits per heavy atom. The van der Waals surface area contributed by atoms with Gasteiger partial charge in [-0.15, -0.1) is 0 Å². The molecule has 2 aliphatic rings. The first-order chi connectivity index (χ1) is 5.92. The number of aliphatic hydroxyl groups is 1. The van der Waals surface area contributed by atoms with E-state index in [0.717, 1.165) is 13.2 Å². The second-order valence-electron chi connectivity index (χ2n) is 3.80. The van der Waals surface area contributed by atoms with Crippen LogP contribution in [0.15, 0.2) is 0 Å². The molecule has 2 aliphatic heterocycles. The average molecular weight is 171 g/mol. The van der Waals surface area contributed by atoms with Gasteiger partial charge in [-0.25, -0.2) is 0 Å². The fourth-order valence-corrected chi connectivity index (χ4v) is 2.22.